The maximum absolute atomic E-state index is 13.1. The maximum atomic E-state index is 13.1. The molecule has 27 heavy (non-hydrogen) atoms. The highest BCUT2D eigenvalue weighted by molar-refractivity contribution is 6.30. The normalized spacial score (nSPS) is 16.4. The lowest BCUT2D eigenvalue weighted by Crippen LogP contribution is -2.49. The van der Waals surface area contributed by atoms with E-state index >= 15 is 0 Å². The Balaban J connectivity index is 1.50. The third kappa shape index (κ3) is 3.32. The molecule has 1 saturated carbocycles. The van der Waals surface area contributed by atoms with Gasteiger partial charge in [0.15, 0.2) is 5.82 Å². The zero-order valence-corrected chi connectivity index (χ0v) is 15.7. The minimum Gasteiger partial charge on any atom is -0.346 e. The number of rotatable bonds is 5. The molecular formula is C20H20ClN5O. The number of aromatic amines is 1. The van der Waals surface area contributed by atoms with Crippen molar-refractivity contribution in [3.05, 3.63) is 65.2 Å². The Morgan fingerprint density at radius 1 is 1.26 bits per heavy atom. The first-order valence-electron chi connectivity index (χ1n) is 8.98. The van der Waals surface area contributed by atoms with Gasteiger partial charge in [-0.25, -0.2) is 4.98 Å². The average Bonchev–Trinajstić information content (AvgIpc) is 3.13. The van der Waals surface area contributed by atoms with E-state index in [0.717, 1.165) is 30.4 Å². The minimum absolute atomic E-state index is 0.0166. The number of hydrogen-bond donors (Lipinski definition) is 2. The minimum atomic E-state index is -0.481. The molecule has 1 aliphatic rings. The molecule has 138 valence electrons. The maximum Gasteiger partial charge on any atom is 0.231 e. The number of aromatic nitrogens is 4. The van der Waals surface area contributed by atoms with Gasteiger partial charge in [-0.05, 0) is 49.6 Å². The number of carbonyl (C=O) groups excluding carboxylic acids is 1. The van der Waals surface area contributed by atoms with Gasteiger partial charge in [0, 0.05) is 23.0 Å². The van der Waals surface area contributed by atoms with Gasteiger partial charge in [0.1, 0.15) is 5.82 Å². The largest absolute Gasteiger partial charge is 0.346 e. The molecule has 0 unspecified atom stereocenters. The zero-order valence-electron chi connectivity index (χ0n) is 14.9. The lowest BCUT2D eigenvalue weighted by atomic mass is 9.63. The standard InChI is InChI=1S/C20H20ClN5O/c1-13(17-24-18(26-25-17)14-4-2-11-22-12-14)23-19(27)20(9-3-10-20)15-5-7-16(21)8-6-15/h2,4-8,11-13H,3,9-10H2,1H3,(H,23,27)(H,24,25,26)/t13-/m1/s1. The molecule has 1 amide bonds. The van der Waals surface area contributed by atoms with Crippen LogP contribution in [0.25, 0.3) is 11.4 Å². The van der Waals surface area contributed by atoms with Crippen LogP contribution in [-0.2, 0) is 10.2 Å². The highest BCUT2D eigenvalue weighted by Crippen LogP contribution is 2.44. The number of carbonyl (C=O) groups is 1. The molecule has 2 heterocycles. The SMILES string of the molecule is C[C@@H](NC(=O)C1(c2ccc(Cl)cc2)CCC1)c1nc(-c2cccnc2)n[nH]1. The van der Waals surface area contributed by atoms with Crippen molar-refractivity contribution in [2.24, 2.45) is 0 Å². The van der Waals surface area contributed by atoms with Crippen LogP contribution in [0, 0.1) is 0 Å². The van der Waals surface area contributed by atoms with Gasteiger partial charge >= 0.3 is 0 Å². The molecule has 6 nitrogen and oxygen atoms in total. The van der Waals surface area contributed by atoms with Crippen molar-refractivity contribution in [2.75, 3.05) is 0 Å². The summed E-state index contributed by atoms with van der Waals surface area (Å²) in [7, 11) is 0. The molecular weight excluding hydrogens is 362 g/mol. The Kier molecular flexibility index (Phi) is 4.66. The van der Waals surface area contributed by atoms with Crippen LogP contribution in [0.15, 0.2) is 48.8 Å². The Hall–Kier alpha value is -2.73. The number of benzene rings is 1. The Labute approximate surface area is 162 Å². The predicted octanol–water partition coefficient (Wildman–Crippen LogP) is 3.82. The van der Waals surface area contributed by atoms with E-state index in [9.17, 15) is 4.79 Å². The molecule has 0 saturated heterocycles. The molecule has 1 fully saturated rings. The van der Waals surface area contributed by atoms with Crippen molar-refractivity contribution in [3.63, 3.8) is 0 Å². The first-order chi connectivity index (χ1) is 13.1. The zero-order chi connectivity index (χ0) is 18.9. The highest BCUT2D eigenvalue weighted by Gasteiger charge is 2.46. The topological polar surface area (TPSA) is 83.6 Å². The monoisotopic (exact) mass is 381 g/mol. The fourth-order valence-electron chi connectivity index (χ4n) is 3.44. The Morgan fingerprint density at radius 3 is 2.67 bits per heavy atom. The third-order valence-electron chi connectivity index (χ3n) is 5.22. The molecule has 1 atom stereocenters. The van der Waals surface area contributed by atoms with Crippen LogP contribution >= 0.6 is 11.6 Å². The highest BCUT2D eigenvalue weighted by atomic mass is 35.5. The summed E-state index contributed by atoms with van der Waals surface area (Å²) in [5, 5.41) is 10.9. The average molecular weight is 382 g/mol. The van der Waals surface area contributed by atoms with E-state index in [1.807, 2.05) is 43.3 Å². The first kappa shape index (κ1) is 17.7. The Bertz CT molecular complexity index is 935. The van der Waals surface area contributed by atoms with Gasteiger partial charge in [0.2, 0.25) is 5.91 Å². The van der Waals surface area contributed by atoms with Crippen molar-refractivity contribution < 1.29 is 4.79 Å². The fraction of sp³-hybridized carbons (Fsp3) is 0.300. The van der Waals surface area contributed by atoms with Crippen LogP contribution in [-0.4, -0.2) is 26.1 Å². The Morgan fingerprint density at radius 2 is 2.04 bits per heavy atom. The molecule has 2 aromatic heterocycles. The molecule has 4 rings (SSSR count). The van der Waals surface area contributed by atoms with Crippen molar-refractivity contribution in [1.82, 2.24) is 25.5 Å². The molecule has 0 aliphatic heterocycles. The molecule has 0 spiro atoms. The molecule has 1 aliphatic carbocycles. The summed E-state index contributed by atoms with van der Waals surface area (Å²) in [4.78, 5) is 21.7. The van der Waals surface area contributed by atoms with E-state index in [1.54, 1.807) is 12.4 Å². The predicted molar refractivity (Wildman–Crippen MR) is 103 cm³/mol. The van der Waals surface area contributed by atoms with Crippen LogP contribution in [0.4, 0.5) is 0 Å². The molecule has 2 N–H and O–H groups in total. The van der Waals surface area contributed by atoms with Crippen molar-refractivity contribution >= 4 is 17.5 Å². The van der Waals surface area contributed by atoms with Crippen molar-refractivity contribution in [1.29, 1.82) is 0 Å². The second kappa shape index (κ2) is 7.12. The van der Waals surface area contributed by atoms with Crippen LogP contribution in [0.1, 0.15) is 43.6 Å². The lowest BCUT2D eigenvalue weighted by molar-refractivity contribution is -0.130. The lowest BCUT2D eigenvalue weighted by Gasteiger charge is -2.41. The van der Waals surface area contributed by atoms with E-state index in [2.05, 4.69) is 25.5 Å². The number of hydrogen-bond acceptors (Lipinski definition) is 4. The number of pyridine rings is 1. The second-order valence-corrected chi connectivity index (χ2v) is 7.36. The van der Waals surface area contributed by atoms with Crippen molar-refractivity contribution in [3.8, 4) is 11.4 Å². The van der Waals surface area contributed by atoms with Gasteiger partial charge in [-0.1, -0.05) is 30.2 Å². The molecule has 3 aromatic rings. The van der Waals surface area contributed by atoms with Crippen LogP contribution in [0.5, 0.6) is 0 Å². The van der Waals surface area contributed by atoms with E-state index in [-0.39, 0.29) is 11.9 Å². The summed E-state index contributed by atoms with van der Waals surface area (Å²) >= 11 is 6.00. The summed E-state index contributed by atoms with van der Waals surface area (Å²) in [6, 6.07) is 11.0. The summed E-state index contributed by atoms with van der Waals surface area (Å²) in [6.45, 7) is 1.90. The number of halogens is 1. The molecule has 7 heteroatoms. The summed E-state index contributed by atoms with van der Waals surface area (Å²) in [6.07, 6.45) is 6.13. The van der Waals surface area contributed by atoms with Gasteiger partial charge in [0.05, 0.1) is 11.5 Å². The summed E-state index contributed by atoms with van der Waals surface area (Å²) in [5.41, 5.74) is 1.36. The number of nitrogens with one attached hydrogen (secondary N) is 2. The number of nitrogens with zero attached hydrogens (tertiary/aromatic N) is 3. The van der Waals surface area contributed by atoms with E-state index in [1.165, 1.54) is 0 Å². The van der Waals surface area contributed by atoms with Gasteiger partial charge in [-0.15, -0.1) is 0 Å². The van der Waals surface area contributed by atoms with Crippen LogP contribution in [0.3, 0.4) is 0 Å². The molecule has 0 bridgehead atoms. The fourth-order valence-corrected chi connectivity index (χ4v) is 3.57. The second-order valence-electron chi connectivity index (χ2n) is 6.92. The molecule has 1 aromatic carbocycles. The number of H-pyrrole nitrogens is 1. The third-order valence-corrected chi connectivity index (χ3v) is 5.47. The van der Waals surface area contributed by atoms with Gasteiger partial charge in [-0.3, -0.25) is 14.9 Å². The van der Waals surface area contributed by atoms with Crippen LogP contribution < -0.4 is 5.32 Å². The number of amides is 1. The van der Waals surface area contributed by atoms with E-state index in [0.29, 0.717) is 16.7 Å². The van der Waals surface area contributed by atoms with Gasteiger partial charge < -0.3 is 5.32 Å². The van der Waals surface area contributed by atoms with Crippen molar-refractivity contribution in [2.45, 2.75) is 37.6 Å². The first-order valence-corrected chi connectivity index (χ1v) is 9.36. The van der Waals surface area contributed by atoms with Gasteiger partial charge in [-0.2, -0.15) is 5.10 Å². The summed E-state index contributed by atoms with van der Waals surface area (Å²) < 4.78 is 0. The van der Waals surface area contributed by atoms with E-state index in [4.69, 9.17) is 11.6 Å². The smallest absolute Gasteiger partial charge is 0.231 e. The van der Waals surface area contributed by atoms with E-state index < -0.39 is 5.41 Å². The summed E-state index contributed by atoms with van der Waals surface area (Å²) in [5.74, 6) is 1.20. The molecule has 0 radical (unpaired) electrons. The quantitative estimate of drug-likeness (QED) is 0.703. The van der Waals surface area contributed by atoms with Gasteiger partial charge in [0.25, 0.3) is 0 Å². The van der Waals surface area contributed by atoms with Crippen LogP contribution in [0.2, 0.25) is 5.02 Å².